The van der Waals surface area contributed by atoms with E-state index in [2.05, 4.69) is 5.32 Å². The van der Waals surface area contributed by atoms with Crippen LogP contribution in [0.1, 0.15) is 30.5 Å². The van der Waals surface area contributed by atoms with Gasteiger partial charge in [-0.25, -0.2) is 4.79 Å². The van der Waals surface area contributed by atoms with Crippen LogP contribution < -0.4 is 5.32 Å². The van der Waals surface area contributed by atoms with Crippen LogP contribution in [0.15, 0.2) is 17.7 Å². The second-order valence-corrected chi connectivity index (χ2v) is 8.48. The number of rotatable bonds is 5. The molecule has 2 aromatic heterocycles. The third-order valence-corrected chi connectivity index (χ3v) is 5.98. The highest BCUT2D eigenvalue weighted by Crippen LogP contribution is 2.34. The Labute approximate surface area is 174 Å². The Morgan fingerprint density at radius 3 is 2.46 bits per heavy atom. The van der Waals surface area contributed by atoms with Gasteiger partial charge in [-0.3, -0.25) is 9.59 Å². The minimum absolute atomic E-state index is 0.0857. The van der Waals surface area contributed by atoms with Gasteiger partial charge in [0, 0.05) is 19.0 Å². The van der Waals surface area contributed by atoms with E-state index in [0.717, 1.165) is 11.3 Å². The van der Waals surface area contributed by atoms with E-state index in [1.807, 2.05) is 6.07 Å². The molecule has 0 aliphatic heterocycles. The van der Waals surface area contributed by atoms with E-state index in [9.17, 15) is 19.6 Å². The zero-order valence-corrected chi connectivity index (χ0v) is 17.8. The van der Waals surface area contributed by atoms with Crippen molar-refractivity contribution in [3.8, 4) is 6.07 Å². The van der Waals surface area contributed by atoms with Gasteiger partial charge in [-0.15, -0.1) is 22.7 Å². The first-order valence-electron chi connectivity index (χ1n) is 7.81. The molecule has 0 unspecified atom stereocenters. The van der Waals surface area contributed by atoms with Gasteiger partial charge in [0.05, 0.1) is 21.9 Å². The third-order valence-electron chi connectivity index (χ3n) is 3.61. The molecule has 10 heteroatoms. The number of nitrogens with zero attached hydrogens (tertiary/aromatic N) is 2. The van der Waals surface area contributed by atoms with E-state index in [1.54, 1.807) is 33.2 Å². The number of carbonyl (C=O) groups excluding carboxylic acids is 3. The minimum Gasteiger partial charge on any atom is -0.465 e. The van der Waals surface area contributed by atoms with E-state index in [4.69, 9.17) is 16.3 Å². The molecule has 2 rings (SSSR count). The van der Waals surface area contributed by atoms with Gasteiger partial charge in [0.1, 0.15) is 16.6 Å². The summed E-state index contributed by atoms with van der Waals surface area (Å²) in [5.41, 5.74) is 0.321. The fourth-order valence-electron chi connectivity index (χ4n) is 2.22. The molecule has 0 saturated heterocycles. The standard InChI is InChI=1S/C18H16ClN3O4S2/c1-9-13(18(25)26-4)16(28-14(9)17(24)22(2)3)21-15(23)10(8-20)7-11-5-6-12(19)27-11/h5-7H,1-4H3,(H,21,23). The lowest BCUT2D eigenvalue weighted by Gasteiger charge is -2.08. The third kappa shape index (κ3) is 4.59. The molecule has 0 radical (unpaired) electrons. The van der Waals surface area contributed by atoms with E-state index in [-0.39, 0.29) is 22.0 Å². The molecule has 0 bridgehead atoms. The van der Waals surface area contributed by atoms with E-state index >= 15 is 0 Å². The number of carbonyl (C=O) groups is 3. The topological polar surface area (TPSA) is 99.5 Å². The summed E-state index contributed by atoms with van der Waals surface area (Å²) in [5.74, 6) is -1.70. The molecule has 2 aromatic rings. The zero-order valence-electron chi connectivity index (χ0n) is 15.5. The summed E-state index contributed by atoms with van der Waals surface area (Å²) in [5, 5.41) is 12.0. The Balaban J connectivity index is 2.43. The average Bonchev–Trinajstić information content (AvgIpc) is 3.21. The molecular formula is C18H16ClN3O4S2. The fourth-order valence-corrected chi connectivity index (χ4v) is 4.44. The summed E-state index contributed by atoms with van der Waals surface area (Å²) < 4.78 is 5.30. The first-order valence-corrected chi connectivity index (χ1v) is 9.82. The lowest BCUT2D eigenvalue weighted by Crippen LogP contribution is -2.21. The molecule has 0 atom stereocenters. The highest BCUT2D eigenvalue weighted by molar-refractivity contribution is 7.19. The number of amides is 2. The maximum atomic E-state index is 12.6. The van der Waals surface area contributed by atoms with Crippen molar-refractivity contribution in [3.63, 3.8) is 0 Å². The van der Waals surface area contributed by atoms with Gasteiger partial charge in [0.15, 0.2) is 0 Å². The normalized spacial score (nSPS) is 10.9. The van der Waals surface area contributed by atoms with Crippen molar-refractivity contribution >= 4 is 63.1 Å². The van der Waals surface area contributed by atoms with Gasteiger partial charge < -0.3 is 15.0 Å². The Bertz CT molecular complexity index is 1010. The van der Waals surface area contributed by atoms with Crippen LogP contribution in [0.5, 0.6) is 0 Å². The molecule has 0 spiro atoms. The van der Waals surface area contributed by atoms with Crippen LogP contribution in [0.3, 0.4) is 0 Å². The van der Waals surface area contributed by atoms with Crippen molar-refractivity contribution in [1.82, 2.24) is 4.90 Å². The van der Waals surface area contributed by atoms with Gasteiger partial charge in [-0.1, -0.05) is 11.6 Å². The molecule has 2 heterocycles. The monoisotopic (exact) mass is 437 g/mol. The first kappa shape index (κ1) is 21.6. The smallest absolute Gasteiger partial charge is 0.341 e. The number of ether oxygens (including phenoxy) is 1. The number of halogens is 1. The van der Waals surface area contributed by atoms with Crippen LogP contribution in [0.2, 0.25) is 4.34 Å². The zero-order chi connectivity index (χ0) is 21.0. The van der Waals surface area contributed by atoms with Crippen molar-refractivity contribution in [2.24, 2.45) is 0 Å². The number of hydrogen-bond donors (Lipinski definition) is 1. The first-order chi connectivity index (χ1) is 13.2. The molecule has 146 valence electrons. The lowest BCUT2D eigenvalue weighted by atomic mass is 10.1. The Hall–Kier alpha value is -2.67. The van der Waals surface area contributed by atoms with Gasteiger partial charge in [-0.2, -0.15) is 5.26 Å². The summed E-state index contributed by atoms with van der Waals surface area (Å²) in [6.45, 7) is 1.60. The quantitative estimate of drug-likeness (QED) is 0.435. The number of esters is 1. The number of nitriles is 1. The maximum Gasteiger partial charge on any atom is 0.341 e. The summed E-state index contributed by atoms with van der Waals surface area (Å²) in [4.78, 5) is 39.4. The Kier molecular flexibility index (Phi) is 6.96. The molecule has 0 aliphatic carbocycles. The highest BCUT2D eigenvalue weighted by Gasteiger charge is 2.27. The number of nitrogens with one attached hydrogen (secondary N) is 1. The van der Waals surface area contributed by atoms with Crippen molar-refractivity contribution in [2.75, 3.05) is 26.5 Å². The Morgan fingerprint density at radius 1 is 1.29 bits per heavy atom. The minimum atomic E-state index is -0.706. The molecular weight excluding hydrogens is 422 g/mol. The molecule has 0 saturated carbocycles. The summed E-state index contributed by atoms with van der Waals surface area (Å²) in [6, 6.07) is 5.17. The van der Waals surface area contributed by atoms with Crippen molar-refractivity contribution in [1.29, 1.82) is 5.26 Å². The van der Waals surface area contributed by atoms with Gasteiger partial charge in [0.25, 0.3) is 11.8 Å². The molecule has 1 N–H and O–H groups in total. The lowest BCUT2D eigenvalue weighted by molar-refractivity contribution is -0.112. The van der Waals surface area contributed by atoms with Crippen molar-refractivity contribution < 1.29 is 19.1 Å². The van der Waals surface area contributed by atoms with Gasteiger partial charge in [0.2, 0.25) is 0 Å². The second kappa shape index (κ2) is 9.01. The van der Waals surface area contributed by atoms with Crippen LogP contribution >= 0.6 is 34.3 Å². The largest absolute Gasteiger partial charge is 0.465 e. The maximum absolute atomic E-state index is 12.6. The number of methoxy groups -OCH3 is 1. The summed E-state index contributed by atoms with van der Waals surface area (Å²) >= 11 is 8.03. The SMILES string of the molecule is COC(=O)c1c(NC(=O)C(C#N)=Cc2ccc(Cl)s2)sc(C(=O)N(C)C)c1C. The predicted molar refractivity (Wildman–Crippen MR) is 110 cm³/mol. The van der Waals surface area contributed by atoms with E-state index < -0.39 is 11.9 Å². The van der Waals surface area contributed by atoms with Crippen LogP contribution in [-0.2, 0) is 9.53 Å². The highest BCUT2D eigenvalue weighted by atomic mass is 35.5. The molecule has 0 aromatic carbocycles. The van der Waals surface area contributed by atoms with Crippen molar-refractivity contribution in [2.45, 2.75) is 6.92 Å². The fraction of sp³-hybridized carbons (Fsp3) is 0.222. The van der Waals surface area contributed by atoms with Gasteiger partial charge >= 0.3 is 5.97 Å². The average molecular weight is 438 g/mol. The number of thiophene rings is 2. The van der Waals surface area contributed by atoms with Crippen LogP contribution in [0.4, 0.5) is 5.00 Å². The van der Waals surface area contributed by atoms with Crippen LogP contribution in [-0.4, -0.2) is 43.9 Å². The van der Waals surface area contributed by atoms with Crippen LogP contribution in [0.25, 0.3) is 6.08 Å². The van der Waals surface area contributed by atoms with Gasteiger partial charge in [-0.05, 0) is 30.7 Å². The molecule has 0 aliphatic rings. The molecule has 7 nitrogen and oxygen atoms in total. The predicted octanol–water partition coefficient (Wildman–Crippen LogP) is 3.81. The van der Waals surface area contributed by atoms with E-state index in [0.29, 0.717) is 19.7 Å². The van der Waals surface area contributed by atoms with Crippen LogP contribution in [0, 0.1) is 18.3 Å². The Morgan fingerprint density at radius 2 is 1.96 bits per heavy atom. The molecule has 28 heavy (non-hydrogen) atoms. The van der Waals surface area contributed by atoms with E-state index in [1.165, 1.54) is 29.4 Å². The summed E-state index contributed by atoms with van der Waals surface area (Å²) in [6.07, 6.45) is 1.40. The molecule has 0 fully saturated rings. The second-order valence-electron chi connectivity index (χ2n) is 5.72. The summed E-state index contributed by atoms with van der Waals surface area (Å²) in [7, 11) is 4.38. The number of anilines is 1. The molecule has 2 amide bonds. The van der Waals surface area contributed by atoms with Crippen molar-refractivity contribution in [3.05, 3.63) is 42.9 Å². The number of hydrogen-bond acceptors (Lipinski definition) is 7.